The Labute approximate surface area is 153 Å². The summed E-state index contributed by atoms with van der Waals surface area (Å²) < 4.78 is 20.3. The average Bonchev–Trinajstić information content (AvgIpc) is 2.66. The van der Waals surface area contributed by atoms with Gasteiger partial charge in [-0.3, -0.25) is 4.79 Å². The lowest BCUT2D eigenvalue weighted by Gasteiger charge is -2.45. The largest absolute Gasteiger partial charge is 0.462 e. The summed E-state index contributed by atoms with van der Waals surface area (Å²) in [7, 11) is 0. The SMILES string of the molecule is NCC(=O)OC[C@H]1O[C@@H](O[C@H]2[C@H](O)[C@@H](O)[C@@H](O)O[C@@H]2CO)[C@H](O)[C@@H](O)[C@H]1O. The number of aliphatic hydroxyl groups is 7. The minimum Gasteiger partial charge on any atom is -0.462 e. The van der Waals surface area contributed by atoms with Gasteiger partial charge in [0.05, 0.1) is 13.2 Å². The van der Waals surface area contributed by atoms with Crippen molar-refractivity contribution in [2.45, 2.75) is 61.4 Å². The van der Waals surface area contributed by atoms with Gasteiger partial charge in [-0.05, 0) is 0 Å². The van der Waals surface area contributed by atoms with Crippen molar-refractivity contribution in [3.63, 3.8) is 0 Å². The Hall–Kier alpha value is -0.970. The lowest BCUT2D eigenvalue weighted by molar-refractivity contribution is -0.355. The summed E-state index contributed by atoms with van der Waals surface area (Å²) in [4.78, 5) is 11.1. The quantitative estimate of drug-likeness (QED) is 0.195. The molecular formula is C14H25NO12. The van der Waals surface area contributed by atoms with E-state index >= 15 is 0 Å². The van der Waals surface area contributed by atoms with Crippen LogP contribution < -0.4 is 5.73 Å². The predicted octanol–water partition coefficient (Wildman–Crippen LogP) is -5.89. The highest BCUT2D eigenvalue weighted by molar-refractivity contribution is 5.71. The lowest BCUT2D eigenvalue weighted by Crippen LogP contribution is -2.64. The molecule has 9 N–H and O–H groups in total. The fraction of sp³-hybridized carbons (Fsp3) is 0.929. The van der Waals surface area contributed by atoms with Gasteiger partial charge >= 0.3 is 5.97 Å². The topological polar surface area (TPSA) is 222 Å². The number of hydrogen-bond donors (Lipinski definition) is 8. The Bertz CT molecular complexity index is 493. The van der Waals surface area contributed by atoms with E-state index in [0.717, 1.165) is 0 Å². The lowest BCUT2D eigenvalue weighted by atomic mass is 9.97. The Morgan fingerprint density at radius 2 is 1.56 bits per heavy atom. The molecule has 2 fully saturated rings. The van der Waals surface area contributed by atoms with Crippen molar-refractivity contribution in [3.05, 3.63) is 0 Å². The number of aliphatic hydroxyl groups excluding tert-OH is 7. The average molecular weight is 399 g/mol. The second kappa shape index (κ2) is 9.49. The number of nitrogens with two attached hydrogens (primary N) is 1. The molecule has 2 aliphatic rings. The number of hydrogen-bond acceptors (Lipinski definition) is 13. The molecule has 0 saturated carbocycles. The molecule has 27 heavy (non-hydrogen) atoms. The summed E-state index contributed by atoms with van der Waals surface area (Å²) in [5, 5.41) is 68.5. The van der Waals surface area contributed by atoms with E-state index in [4.69, 9.17) is 24.7 Å². The molecule has 0 amide bonds. The van der Waals surface area contributed by atoms with Gasteiger partial charge in [0.1, 0.15) is 55.4 Å². The first-order valence-electron chi connectivity index (χ1n) is 8.22. The van der Waals surface area contributed by atoms with Crippen molar-refractivity contribution < 1.29 is 59.5 Å². The van der Waals surface area contributed by atoms with Gasteiger partial charge in [-0.15, -0.1) is 0 Å². The molecule has 0 aromatic carbocycles. The van der Waals surface area contributed by atoms with Gasteiger partial charge in [0.15, 0.2) is 12.6 Å². The molecule has 0 aliphatic carbocycles. The maximum absolute atomic E-state index is 11.1. The molecule has 0 unspecified atom stereocenters. The molecule has 0 spiro atoms. The van der Waals surface area contributed by atoms with E-state index in [1.54, 1.807) is 0 Å². The summed E-state index contributed by atoms with van der Waals surface area (Å²) in [6, 6.07) is 0. The minimum absolute atomic E-state index is 0.419. The van der Waals surface area contributed by atoms with Crippen molar-refractivity contribution in [2.75, 3.05) is 19.8 Å². The summed E-state index contributed by atoms with van der Waals surface area (Å²) >= 11 is 0. The van der Waals surface area contributed by atoms with Crippen LogP contribution in [0.2, 0.25) is 0 Å². The maximum Gasteiger partial charge on any atom is 0.319 e. The minimum atomic E-state index is -1.78. The number of esters is 1. The van der Waals surface area contributed by atoms with Crippen molar-refractivity contribution >= 4 is 5.97 Å². The molecule has 2 heterocycles. The second-order valence-corrected chi connectivity index (χ2v) is 6.23. The fourth-order valence-electron chi connectivity index (χ4n) is 2.79. The molecule has 10 atom stereocenters. The van der Waals surface area contributed by atoms with E-state index in [0.29, 0.717) is 0 Å². The first-order valence-corrected chi connectivity index (χ1v) is 8.22. The Balaban J connectivity index is 2.09. The van der Waals surface area contributed by atoms with Gasteiger partial charge < -0.3 is 60.4 Å². The van der Waals surface area contributed by atoms with E-state index in [1.165, 1.54) is 0 Å². The second-order valence-electron chi connectivity index (χ2n) is 6.23. The van der Waals surface area contributed by atoms with Crippen LogP contribution in [0.3, 0.4) is 0 Å². The van der Waals surface area contributed by atoms with Crippen LogP contribution in [0.15, 0.2) is 0 Å². The zero-order valence-corrected chi connectivity index (χ0v) is 14.1. The van der Waals surface area contributed by atoms with Crippen LogP contribution in [0.4, 0.5) is 0 Å². The van der Waals surface area contributed by atoms with Crippen LogP contribution in [0.25, 0.3) is 0 Å². The van der Waals surface area contributed by atoms with Crippen LogP contribution in [0, 0.1) is 0 Å². The standard InChI is InChI=1S/C14H25NO12/c15-1-6(17)24-3-5-7(18)8(19)11(22)14(26-5)27-12-4(2-16)25-13(23)10(21)9(12)20/h4-5,7-14,16,18-23H,1-3,15H2/t4-,5-,7+,8+,9-,10-,11-,12-,13+,14+/m1/s1. The molecular weight excluding hydrogens is 374 g/mol. The summed E-state index contributed by atoms with van der Waals surface area (Å²) in [5.41, 5.74) is 5.09. The van der Waals surface area contributed by atoms with Gasteiger partial charge in [0.25, 0.3) is 0 Å². The van der Waals surface area contributed by atoms with Crippen molar-refractivity contribution in [3.8, 4) is 0 Å². The third-order valence-electron chi connectivity index (χ3n) is 4.37. The van der Waals surface area contributed by atoms with Crippen LogP contribution >= 0.6 is 0 Å². The summed E-state index contributed by atoms with van der Waals surface area (Å²) in [6.45, 7) is -1.63. The van der Waals surface area contributed by atoms with Gasteiger partial charge in [0, 0.05) is 0 Å². The molecule has 2 aliphatic heterocycles. The van der Waals surface area contributed by atoms with E-state index in [-0.39, 0.29) is 0 Å². The monoisotopic (exact) mass is 399 g/mol. The third-order valence-corrected chi connectivity index (χ3v) is 4.37. The third kappa shape index (κ3) is 4.90. The van der Waals surface area contributed by atoms with Gasteiger partial charge in [-0.1, -0.05) is 0 Å². The zero-order chi connectivity index (χ0) is 20.3. The highest BCUT2D eigenvalue weighted by Gasteiger charge is 2.50. The molecule has 2 saturated heterocycles. The van der Waals surface area contributed by atoms with Crippen LogP contribution in [-0.2, 0) is 23.7 Å². The first kappa shape index (κ1) is 22.3. The van der Waals surface area contributed by atoms with E-state index in [9.17, 15) is 40.5 Å². The molecule has 0 bridgehead atoms. The van der Waals surface area contributed by atoms with E-state index in [2.05, 4.69) is 0 Å². The zero-order valence-electron chi connectivity index (χ0n) is 14.1. The fourth-order valence-corrected chi connectivity index (χ4v) is 2.79. The predicted molar refractivity (Wildman–Crippen MR) is 81.5 cm³/mol. The molecule has 13 heteroatoms. The normalized spacial score (nSPS) is 45.5. The summed E-state index contributed by atoms with van der Waals surface area (Å²) in [5.74, 6) is -0.794. The maximum atomic E-state index is 11.1. The molecule has 0 aromatic rings. The van der Waals surface area contributed by atoms with Crippen molar-refractivity contribution in [1.29, 1.82) is 0 Å². The van der Waals surface area contributed by atoms with E-state index < -0.39 is 87.1 Å². The Kier molecular flexibility index (Phi) is 7.84. The van der Waals surface area contributed by atoms with Gasteiger partial charge in [-0.2, -0.15) is 0 Å². The molecule has 0 aromatic heterocycles. The van der Waals surface area contributed by atoms with Crippen LogP contribution in [0.5, 0.6) is 0 Å². The molecule has 0 radical (unpaired) electrons. The Morgan fingerprint density at radius 3 is 2.15 bits per heavy atom. The van der Waals surface area contributed by atoms with Crippen molar-refractivity contribution in [2.24, 2.45) is 5.73 Å². The highest BCUT2D eigenvalue weighted by Crippen LogP contribution is 2.28. The first-order chi connectivity index (χ1) is 12.7. The number of carbonyl (C=O) groups is 1. The molecule has 2 rings (SSSR count). The highest BCUT2D eigenvalue weighted by atomic mass is 16.7. The summed E-state index contributed by atoms with van der Waals surface area (Å²) in [6.07, 6.45) is -16.1. The number of carbonyl (C=O) groups excluding carboxylic acids is 1. The molecule has 158 valence electrons. The Morgan fingerprint density at radius 1 is 0.889 bits per heavy atom. The number of rotatable bonds is 6. The van der Waals surface area contributed by atoms with Crippen molar-refractivity contribution in [1.82, 2.24) is 0 Å². The smallest absolute Gasteiger partial charge is 0.319 e. The van der Waals surface area contributed by atoms with Gasteiger partial charge in [0.2, 0.25) is 0 Å². The van der Waals surface area contributed by atoms with E-state index in [1.807, 2.05) is 0 Å². The van der Waals surface area contributed by atoms with Crippen LogP contribution in [-0.4, -0.2) is 123 Å². The number of ether oxygens (including phenoxy) is 4. The van der Waals surface area contributed by atoms with Gasteiger partial charge in [-0.25, -0.2) is 0 Å². The van der Waals surface area contributed by atoms with Crippen LogP contribution in [0.1, 0.15) is 0 Å². The molecule has 13 nitrogen and oxygen atoms in total.